The molecule has 0 spiro atoms. The SMILES string of the molecule is CCCCCCCCCCCCN.CCCC[P+](CCC)(CCCC)CCCC.[Br-]. The first kappa shape index (κ1) is 35.5. The van der Waals surface area contributed by atoms with Crippen LogP contribution in [-0.2, 0) is 0 Å². The molecule has 0 aliphatic carbocycles. The summed E-state index contributed by atoms with van der Waals surface area (Å²) < 4.78 is 0. The minimum atomic E-state index is -0.546. The van der Waals surface area contributed by atoms with Crippen LogP contribution < -0.4 is 22.7 Å². The predicted octanol–water partition coefficient (Wildman–Crippen LogP) is 6.68. The van der Waals surface area contributed by atoms with Crippen LogP contribution in [0.1, 0.15) is 144 Å². The van der Waals surface area contributed by atoms with Gasteiger partial charge in [-0.1, -0.05) is 112 Å². The third kappa shape index (κ3) is 25.1. The van der Waals surface area contributed by atoms with Crippen molar-refractivity contribution in [2.75, 3.05) is 31.2 Å². The van der Waals surface area contributed by atoms with Crippen molar-refractivity contribution in [1.82, 2.24) is 0 Å². The van der Waals surface area contributed by atoms with Gasteiger partial charge in [-0.2, -0.15) is 0 Å². The number of unbranched alkanes of at least 4 members (excludes halogenated alkanes) is 12. The Balaban J connectivity index is -0.000000480. The Hall–Kier alpha value is 0.870. The summed E-state index contributed by atoms with van der Waals surface area (Å²) in [6.07, 6.45) is 30.4. The van der Waals surface area contributed by atoms with Crippen LogP contribution >= 0.6 is 7.26 Å². The van der Waals surface area contributed by atoms with Gasteiger partial charge in [-0.25, -0.2) is 0 Å². The molecule has 0 unspecified atom stereocenters. The lowest BCUT2D eigenvalue weighted by atomic mass is 10.1. The average Bonchev–Trinajstić information content (AvgIpc) is 2.74. The van der Waals surface area contributed by atoms with Crippen molar-refractivity contribution >= 4 is 7.26 Å². The average molecular weight is 511 g/mol. The smallest absolute Gasteiger partial charge is 0.0594 e. The highest BCUT2D eigenvalue weighted by Gasteiger charge is 2.33. The van der Waals surface area contributed by atoms with Gasteiger partial charge in [0.25, 0.3) is 0 Å². The van der Waals surface area contributed by atoms with E-state index in [-0.39, 0.29) is 17.0 Å². The van der Waals surface area contributed by atoms with Crippen molar-refractivity contribution in [3.05, 3.63) is 0 Å². The Morgan fingerprint density at radius 2 is 0.733 bits per heavy atom. The molecule has 1 nitrogen and oxygen atoms in total. The number of nitrogens with two attached hydrogens (primary N) is 1. The summed E-state index contributed by atoms with van der Waals surface area (Å²) in [7, 11) is -0.546. The van der Waals surface area contributed by atoms with E-state index in [1.807, 2.05) is 0 Å². The van der Waals surface area contributed by atoms with Crippen LogP contribution in [0.3, 0.4) is 0 Å². The normalized spacial score (nSPS) is 11.0. The molecule has 0 heterocycles. The molecule has 0 aromatic heterocycles. The van der Waals surface area contributed by atoms with Crippen LogP contribution in [0.5, 0.6) is 0 Å². The fourth-order valence-corrected chi connectivity index (χ4v) is 9.51. The summed E-state index contributed by atoms with van der Waals surface area (Å²) in [5, 5.41) is 0. The molecule has 30 heavy (non-hydrogen) atoms. The summed E-state index contributed by atoms with van der Waals surface area (Å²) in [5.41, 5.74) is 5.42. The van der Waals surface area contributed by atoms with Crippen molar-refractivity contribution in [1.29, 1.82) is 0 Å². The Kier molecular flexibility index (Phi) is 35.3. The highest BCUT2D eigenvalue weighted by atomic mass is 79.9. The van der Waals surface area contributed by atoms with Gasteiger partial charge in [-0.05, 0) is 38.6 Å². The van der Waals surface area contributed by atoms with Gasteiger partial charge in [0.05, 0.1) is 24.6 Å². The number of halogens is 1. The van der Waals surface area contributed by atoms with Crippen LogP contribution in [0.15, 0.2) is 0 Å². The van der Waals surface area contributed by atoms with Gasteiger partial charge in [-0.3, -0.25) is 0 Å². The van der Waals surface area contributed by atoms with Gasteiger partial charge in [-0.15, -0.1) is 0 Å². The molecule has 2 N–H and O–H groups in total. The summed E-state index contributed by atoms with van der Waals surface area (Å²) >= 11 is 0. The van der Waals surface area contributed by atoms with Crippen LogP contribution in [0.2, 0.25) is 0 Å². The Labute approximate surface area is 204 Å². The van der Waals surface area contributed by atoms with Gasteiger partial charge < -0.3 is 22.7 Å². The maximum absolute atomic E-state index is 5.42. The molecule has 0 aromatic rings. The summed E-state index contributed by atoms with van der Waals surface area (Å²) in [6, 6.07) is 0. The molecule has 0 rings (SSSR count). The van der Waals surface area contributed by atoms with Crippen molar-refractivity contribution in [3.8, 4) is 0 Å². The Morgan fingerprint density at radius 3 is 1.03 bits per heavy atom. The van der Waals surface area contributed by atoms with Crippen molar-refractivity contribution in [2.24, 2.45) is 5.73 Å². The first-order valence-corrected chi connectivity index (χ1v) is 16.2. The van der Waals surface area contributed by atoms with Crippen LogP contribution in [0.4, 0.5) is 0 Å². The molecule has 0 saturated heterocycles. The molecule has 0 aromatic carbocycles. The molecular formula is C27H61BrNP. The summed E-state index contributed by atoms with van der Waals surface area (Å²) in [5.74, 6) is 0. The van der Waals surface area contributed by atoms with E-state index in [4.69, 9.17) is 5.73 Å². The second kappa shape index (κ2) is 29.9. The molecule has 0 radical (unpaired) electrons. The zero-order chi connectivity index (χ0) is 22.1. The number of rotatable bonds is 21. The molecule has 0 bridgehead atoms. The van der Waals surface area contributed by atoms with Gasteiger partial charge in [0.2, 0.25) is 0 Å². The van der Waals surface area contributed by atoms with Gasteiger partial charge in [0.1, 0.15) is 0 Å². The van der Waals surface area contributed by atoms with Crippen LogP contribution in [0.25, 0.3) is 0 Å². The van der Waals surface area contributed by atoms with Crippen molar-refractivity contribution in [3.63, 3.8) is 0 Å². The van der Waals surface area contributed by atoms with E-state index in [1.165, 1.54) is 109 Å². The van der Waals surface area contributed by atoms with E-state index in [9.17, 15) is 0 Å². The van der Waals surface area contributed by atoms with Crippen LogP contribution in [0, 0.1) is 0 Å². The van der Waals surface area contributed by atoms with Crippen molar-refractivity contribution < 1.29 is 17.0 Å². The molecular weight excluding hydrogens is 449 g/mol. The third-order valence-corrected chi connectivity index (χ3v) is 11.4. The molecule has 0 aliphatic heterocycles. The van der Waals surface area contributed by atoms with E-state index in [2.05, 4.69) is 34.6 Å². The third-order valence-electron chi connectivity index (χ3n) is 6.21. The molecule has 0 atom stereocenters. The fourth-order valence-electron chi connectivity index (χ4n) is 4.26. The van der Waals surface area contributed by atoms with Gasteiger partial charge in [0.15, 0.2) is 0 Å². The zero-order valence-electron chi connectivity index (χ0n) is 22.0. The van der Waals surface area contributed by atoms with E-state index in [0.717, 1.165) is 6.54 Å². The maximum Gasteiger partial charge on any atom is 0.0594 e. The molecule has 0 aliphatic rings. The quantitative estimate of drug-likeness (QED) is 0.135. The van der Waals surface area contributed by atoms with Crippen molar-refractivity contribution in [2.45, 2.75) is 144 Å². The molecule has 0 fully saturated rings. The number of hydrogen-bond acceptors (Lipinski definition) is 1. The summed E-state index contributed by atoms with van der Waals surface area (Å²) in [6.45, 7) is 12.6. The Morgan fingerprint density at radius 1 is 0.400 bits per heavy atom. The minimum absolute atomic E-state index is 0. The minimum Gasteiger partial charge on any atom is -1.00 e. The van der Waals surface area contributed by atoms with E-state index in [0.29, 0.717) is 0 Å². The zero-order valence-corrected chi connectivity index (χ0v) is 24.4. The van der Waals surface area contributed by atoms with Gasteiger partial charge in [0, 0.05) is 7.26 Å². The van der Waals surface area contributed by atoms with E-state index >= 15 is 0 Å². The second-order valence-corrected chi connectivity index (χ2v) is 13.7. The second-order valence-electron chi connectivity index (χ2n) is 9.27. The molecule has 186 valence electrons. The highest BCUT2D eigenvalue weighted by Crippen LogP contribution is 2.61. The molecule has 3 heteroatoms. The lowest BCUT2D eigenvalue weighted by molar-refractivity contribution is -0.00000684. The Bertz CT molecular complexity index is 254. The highest BCUT2D eigenvalue weighted by molar-refractivity contribution is 7.75. The predicted molar refractivity (Wildman–Crippen MR) is 142 cm³/mol. The van der Waals surface area contributed by atoms with E-state index in [1.54, 1.807) is 24.6 Å². The number of hydrogen-bond donors (Lipinski definition) is 1. The van der Waals surface area contributed by atoms with Crippen LogP contribution in [-0.4, -0.2) is 31.2 Å². The fraction of sp³-hybridized carbons (Fsp3) is 1.00. The lowest BCUT2D eigenvalue weighted by Gasteiger charge is -2.27. The first-order chi connectivity index (χ1) is 14.2. The standard InChI is InChI=1S/C15H34P.C12H27N.BrH/c1-5-9-13-16(12-8-4,14-10-6-2)15-11-7-3;1-2-3-4-5-6-7-8-9-10-11-12-13;/h5-15H2,1-4H3;2-13H2,1H3;1H/q+1;;/p-1. The first-order valence-electron chi connectivity index (χ1n) is 13.7. The maximum atomic E-state index is 5.42. The van der Waals surface area contributed by atoms with E-state index < -0.39 is 7.26 Å². The van der Waals surface area contributed by atoms with Gasteiger partial charge >= 0.3 is 0 Å². The molecule has 0 saturated carbocycles. The monoisotopic (exact) mass is 509 g/mol. The molecule has 0 amide bonds. The topological polar surface area (TPSA) is 26.0 Å². The largest absolute Gasteiger partial charge is 1.00 e. The summed E-state index contributed by atoms with van der Waals surface area (Å²) in [4.78, 5) is 0. The lowest BCUT2D eigenvalue weighted by Crippen LogP contribution is -3.00.